The molecule has 0 aliphatic heterocycles. The van der Waals surface area contributed by atoms with Crippen LogP contribution < -0.4 is 28.1 Å². The van der Waals surface area contributed by atoms with Crippen molar-refractivity contribution in [1.29, 1.82) is 0 Å². The molecule has 1 aromatic heterocycles. The molecule has 0 N–H and O–H groups in total. The van der Waals surface area contributed by atoms with Gasteiger partial charge in [-0.3, -0.25) is 0 Å². The van der Waals surface area contributed by atoms with Crippen LogP contribution in [0.3, 0.4) is 0 Å². The molecule has 0 bridgehead atoms. The smallest absolute Gasteiger partial charge is 0.364 e. The van der Waals surface area contributed by atoms with Gasteiger partial charge in [-0.2, -0.15) is 0 Å². The molecule has 3 rings (SSSR count). The van der Waals surface area contributed by atoms with Gasteiger partial charge in [-0.05, 0) is 43.3 Å². The number of methoxy groups -OCH3 is 1. The summed E-state index contributed by atoms with van der Waals surface area (Å²) in [6.07, 6.45) is 0. The zero-order chi connectivity index (χ0) is 20.0. The summed E-state index contributed by atoms with van der Waals surface area (Å²) in [7, 11) is -3.29. The van der Waals surface area contributed by atoms with E-state index in [2.05, 4.69) is 15.9 Å². The van der Waals surface area contributed by atoms with E-state index in [4.69, 9.17) is 32.5 Å². The monoisotopic (exact) mass is 458 g/mol. The van der Waals surface area contributed by atoms with E-state index in [1.807, 2.05) is 55.5 Å². The van der Waals surface area contributed by atoms with Crippen molar-refractivity contribution in [3.05, 3.63) is 53.0 Å². The lowest BCUT2D eigenvalue weighted by Crippen LogP contribution is -2.68. The zero-order valence-electron chi connectivity index (χ0n) is 14.4. The first-order chi connectivity index (χ1) is 12.7. The minimum absolute atomic E-state index is 0.605. The van der Waals surface area contributed by atoms with Crippen LogP contribution in [0.2, 0.25) is 0 Å². The Morgan fingerprint density at radius 2 is 1.63 bits per heavy atom. The van der Waals surface area contributed by atoms with E-state index in [0.717, 1.165) is 38.3 Å². The molecule has 0 spiro atoms. The fourth-order valence-corrected chi connectivity index (χ4v) is 2.66. The van der Waals surface area contributed by atoms with E-state index in [0.29, 0.717) is 6.61 Å². The van der Waals surface area contributed by atoms with Gasteiger partial charge in [0.15, 0.2) is 0 Å². The van der Waals surface area contributed by atoms with Gasteiger partial charge < -0.3 is 9.47 Å². The third-order valence-electron chi connectivity index (χ3n) is 3.36. The lowest BCUT2D eigenvalue weighted by molar-refractivity contribution is -2.00. The SMILES string of the molecule is CCOc1cc(-c2ccc(OC)cc2)[o+]c2ccc(Br)cc12.[O-][Cl+3]([O-])([O-])[O-]. The van der Waals surface area contributed by atoms with Crippen LogP contribution in [0.15, 0.2) is 57.4 Å². The Morgan fingerprint density at radius 3 is 2.19 bits per heavy atom. The van der Waals surface area contributed by atoms with Gasteiger partial charge in [0.1, 0.15) is 16.9 Å². The van der Waals surface area contributed by atoms with E-state index in [1.54, 1.807) is 7.11 Å². The maximum atomic E-state index is 8.49. The number of fused-ring (bicyclic) bond motifs is 1. The molecule has 0 amide bonds. The molecule has 0 atom stereocenters. The summed E-state index contributed by atoms with van der Waals surface area (Å²) in [5, 5.41) is 0.952. The average molecular weight is 460 g/mol. The first kappa shape index (κ1) is 21.4. The largest absolute Gasteiger partial charge is 0.497 e. The molecule has 0 aliphatic rings. The Labute approximate surface area is 166 Å². The molecule has 144 valence electrons. The molecule has 0 aliphatic carbocycles. The Morgan fingerprint density at radius 1 is 1.00 bits per heavy atom. The molecule has 0 radical (unpaired) electrons. The average Bonchev–Trinajstić information content (AvgIpc) is 2.61. The molecular weight excluding hydrogens is 444 g/mol. The molecule has 1 heterocycles. The standard InChI is InChI=1S/C18H16BrO3.ClHO4/c1-3-21-18-11-17(12-4-7-14(20-2)8-5-12)22-16-9-6-13(19)10-15(16)18;2-1(3,4)5/h4-11H,3H2,1-2H3;(H,2,3,4,5)/q+1;/p-1. The molecule has 9 heteroatoms. The molecule has 0 fully saturated rings. The van der Waals surface area contributed by atoms with Crippen molar-refractivity contribution in [3.63, 3.8) is 0 Å². The van der Waals surface area contributed by atoms with Crippen LogP contribution in [0.5, 0.6) is 11.5 Å². The predicted octanol–water partition coefficient (Wildman–Crippen LogP) is 0.795. The van der Waals surface area contributed by atoms with Crippen LogP contribution in [-0.4, -0.2) is 13.7 Å². The summed E-state index contributed by atoms with van der Waals surface area (Å²) in [4.78, 5) is 0. The van der Waals surface area contributed by atoms with Crippen LogP contribution in [0.1, 0.15) is 6.92 Å². The highest BCUT2D eigenvalue weighted by molar-refractivity contribution is 9.10. The second kappa shape index (κ2) is 9.32. The quantitative estimate of drug-likeness (QED) is 0.529. The number of halogens is 2. The third-order valence-corrected chi connectivity index (χ3v) is 3.86. The molecule has 0 saturated carbocycles. The van der Waals surface area contributed by atoms with Crippen LogP contribution in [0.4, 0.5) is 0 Å². The molecular formula is C18H16BrClO7. The fraction of sp³-hybridized carbons (Fsp3) is 0.167. The van der Waals surface area contributed by atoms with Crippen LogP contribution in [-0.2, 0) is 0 Å². The van der Waals surface area contributed by atoms with Gasteiger partial charge in [0, 0.05) is 10.5 Å². The van der Waals surface area contributed by atoms with Crippen LogP contribution >= 0.6 is 15.9 Å². The third kappa shape index (κ3) is 6.62. The molecule has 0 unspecified atom stereocenters. The van der Waals surface area contributed by atoms with E-state index in [9.17, 15) is 0 Å². The first-order valence-electron chi connectivity index (χ1n) is 7.66. The number of rotatable bonds is 4. The Balaban J connectivity index is 0.000000465. The van der Waals surface area contributed by atoms with Gasteiger partial charge in [-0.15, -0.1) is 10.2 Å². The molecule has 27 heavy (non-hydrogen) atoms. The fourth-order valence-electron chi connectivity index (χ4n) is 2.30. The van der Waals surface area contributed by atoms with E-state index in [1.165, 1.54) is 0 Å². The lowest BCUT2D eigenvalue weighted by atomic mass is 10.1. The summed E-state index contributed by atoms with van der Waals surface area (Å²) < 4.78 is 52.0. The highest BCUT2D eigenvalue weighted by atomic mass is 79.9. The van der Waals surface area contributed by atoms with Gasteiger partial charge in [-0.25, -0.2) is 23.1 Å². The van der Waals surface area contributed by atoms with Crippen molar-refractivity contribution in [2.75, 3.05) is 13.7 Å². The van der Waals surface area contributed by atoms with Crippen molar-refractivity contribution in [1.82, 2.24) is 0 Å². The number of ether oxygens (including phenoxy) is 2. The van der Waals surface area contributed by atoms with Gasteiger partial charge >= 0.3 is 11.3 Å². The molecule has 3 aromatic rings. The van der Waals surface area contributed by atoms with Gasteiger partial charge in [0.05, 0.1) is 25.3 Å². The minimum atomic E-state index is -4.94. The summed E-state index contributed by atoms with van der Waals surface area (Å²) in [5.74, 6) is 2.40. The van der Waals surface area contributed by atoms with Crippen molar-refractivity contribution in [3.8, 4) is 22.8 Å². The van der Waals surface area contributed by atoms with E-state index >= 15 is 0 Å². The topological polar surface area (TPSA) is 122 Å². The lowest BCUT2D eigenvalue weighted by Gasteiger charge is -2.17. The summed E-state index contributed by atoms with van der Waals surface area (Å²) in [6.45, 7) is 2.58. The Bertz CT molecular complexity index is 889. The second-order valence-corrected chi connectivity index (χ2v) is 6.83. The van der Waals surface area contributed by atoms with E-state index in [-0.39, 0.29) is 0 Å². The molecule has 0 saturated heterocycles. The number of benzene rings is 2. The summed E-state index contributed by atoms with van der Waals surface area (Å²) >= 11 is 3.49. The number of hydrogen-bond acceptors (Lipinski definition) is 6. The highest BCUT2D eigenvalue weighted by Crippen LogP contribution is 2.34. The van der Waals surface area contributed by atoms with Crippen LogP contribution in [0, 0.1) is 10.2 Å². The van der Waals surface area contributed by atoms with Crippen LogP contribution in [0.25, 0.3) is 22.3 Å². The summed E-state index contributed by atoms with van der Waals surface area (Å²) in [5.41, 5.74) is 1.77. The Hall–Kier alpha value is -1.94. The van der Waals surface area contributed by atoms with Crippen molar-refractivity contribution in [2.45, 2.75) is 6.92 Å². The summed E-state index contributed by atoms with van der Waals surface area (Å²) in [6, 6.07) is 15.6. The molecule has 7 nitrogen and oxygen atoms in total. The zero-order valence-corrected chi connectivity index (χ0v) is 16.8. The first-order valence-corrected chi connectivity index (χ1v) is 9.69. The maximum Gasteiger partial charge on any atom is 0.364 e. The second-order valence-electron chi connectivity index (χ2n) is 5.15. The maximum absolute atomic E-state index is 8.49. The minimum Gasteiger partial charge on any atom is -0.497 e. The van der Waals surface area contributed by atoms with Crippen molar-refractivity contribution in [2.24, 2.45) is 0 Å². The molecule has 2 aromatic carbocycles. The van der Waals surface area contributed by atoms with Gasteiger partial charge in [-0.1, -0.05) is 15.9 Å². The van der Waals surface area contributed by atoms with Crippen molar-refractivity contribution >= 4 is 26.9 Å². The van der Waals surface area contributed by atoms with Crippen molar-refractivity contribution < 1.29 is 42.8 Å². The van der Waals surface area contributed by atoms with E-state index < -0.39 is 10.2 Å². The highest BCUT2D eigenvalue weighted by Gasteiger charge is 2.20. The normalized spacial score (nSPS) is 10.9. The predicted molar refractivity (Wildman–Crippen MR) is 91.5 cm³/mol. The van der Waals surface area contributed by atoms with Gasteiger partial charge in [0.25, 0.3) is 0 Å². The van der Waals surface area contributed by atoms with Gasteiger partial charge in [0.2, 0.25) is 0 Å². The Kier molecular flexibility index (Phi) is 7.37. The number of hydrogen-bond donors (Lipinski definition) is 0.